The van der Waals surface area contributed by atoms with Gasteiger partial charge in [-0.3, -0.25) is 24.5 Å². The zero-order valence-corrected chi connectivity index (χ0v) is 19.4. The molecule has 2 aliphatic heterocycles. The fourth-order valence-electron chi connectivity index (χ4n) is 3.58. The Labute approximate surface area is 195 Å². The molecule has 32 heavy (non-hydrogen) atoms. The Morgan fingerprint density at radius 2 is 2.03 bits per heavy atom. The van der Waals surface area contributed by atoms with Crippen LogP contribution in [0.5, 0.6) is 0 Å². The molecule has 3 N–H and O–H groups in total. The van der Waals surface area contributed by atoms with E-state index in [-0.39, 0.29) is 18.2 Å². The molecule has 1 fully saturated rings. The molecule has 1 atom stereocenters. The first kappa shape index (κ1) is 23.9. The third kappa shape index (κ3) is 5.53. The number of piperidine rings is 1. The molecule has 2 aromatic rings. The van der Waals surface area contributed by atoms with Crippen LogP contribution in [0.2, 0.25) is 5.02 Å². The van der Waals surface area contributed by atoms with Crippen LogP contribution in [0.1, 0.15) is 44.1 Å². The van der Waals surface area contributed by atoms with E-state index >= 15 is 0 Å². The van der Waals surface area contributed by atoms with Crippen molar-refractivity contribution >= 4 is 47.1 Å². The smallest absolute Gasteiger partial charge is 0.265 e. The van der Waals surface area contributed by atoms with E-state index in [1.54, 1.807) is 0 Å². The van der Waals surface area contributed by atoms with Crippen LogP contribution in [0.3, 0.4) is 0 Å². The Morgan fingerprint density at radius 1 is 1.25 bits per heavy atom. The molecular weight excluding hydrogens is 452 g/mol. The van der Waals surface area contributed by atoms with Crippen LogP contribution in [0, 0.1) is 6.92 Å². The van der Waals surface area contributed by atoms with Crippen molar-refractivity contribution in [2.24, 2.45) is 0 Å². The molecule has 0 bridgehead atoms. The average molecular weight is 477 g/mol. The summed E-state index contributed by atoms with van der Waals surface area (Å²) in [5.74, 6) is -0.876. The number of rotatable bonds is 6. The number of thiophene rings is 1. The fourth-order valence-corrected chi connectivity index (χ4v) is 4.86. The summed E-state index contributed by atoms with van der Waals surface area (Å²) in [5.41, 5.74) is 3.23. The second-order valence-electron chi connectivity index (χ2n) is 7.58. The number of fused-ring (bicyclic) bond motifs is 1. The summed E-state index contributed by atoms with van der Waals surface area (Å²) in [6, 6.07) is 7.41. The van der Waals surface area contributed by atoms with Gasteiger partial charge < -0.3 is 15.5 Å². The summed E-state index contributed by atoms with van der Waals surface area (Å²) >= 11 is 7.25. The van der Waals surface area contributed by atoms with Crippen LogP contribution in [0.4, 0.5) is 0 Å². The number of halogens is 1. The Balaban J connectivity index is 0.000000222. The molecule has 170 valence electrons. The molecule has 0 aliphatic carbocycles. The minimum Gasteiger partial charge on any atom is -0.354 e. The Morgan fingerprint density at radius 3 is 2.66 bits per heavy atom. The van der Waals surface area contributed by atoms with E-state index in [0.717, 1.165) is 27.6 Å². The number of carbonyl (C=O) groups is 4. The Bertz CT molecular complexity index is 1040. The summed E-state index contributed by atoms with van der Waals surface area (Å²) in [6.45, 7) is 3.65. The molecule has 0 spiro atoms. The maximum Gasteiger partial charge on any atom is 0.265 e. The molecule has 1 aromatic heterocycles. The molecule has 1 aromatic carbocycles. The molecule has 4 rings (SSSR count). The van der Waals surface area contributed by atoms with Crippen molar-refractivity contribution < 1.29 is 19.2 Å². The molecule has 3 heterocycles. The monoisotopic (exact) mass is 476 g/mol. The maximum absolute atomic E-state index is 12.4. The molecule has 8 nitrogen and oxygen atoms in total. The molecule has 4 amide bonds. The van der Waals surface area contributed by atoms with Gasteiger partial charge in [-0.05, 0) is 49.2 Å². The SMILES string of the molecule is CNCc1ccc(C)c(Cl)c1.O=CNCc1cc2c(s1)C(=O)N(C1CCC(=O)NC1=O)C2. The molecule has 1 unspecified atom stereocenters. The lowest BCUT2D eigenvalue weighted by Crippen LogP contribution is -2.52. The van der Waals surface area contributed by atoms with Crippen molar-refractivity contribution in [1.82, 2.24) is 20.9 Å². The number of imide groups is 1. The standard InChI is InChI=1S/C13H13N3O4S.C9H12ClN/c17-6-14-4-8-3-7-5-16(13(20)11(7)21-8)9-1-2-10(18)15-12(9)19;1-7-3-4-8(6-11-2)5-9(7)10/h3,6,9H,1-2,4-5H2,(H,14,17)(H,15,18,19);3-5,11H,6H2,1-2H3. The average Bonchev–Trinajstić information content (AvgIpc) is 3.29. The summed E-state index contributed by atoms with van der Waals surface area (Å²) in [7, 11) is 1.92. The van der Waals surface area contributed by atoms with Gasteiger partial charge in [0.2, 0.25) is 18.2 Å². The quantitative estimate of drug-likeness (QED) is 0.437. The van der Waals surface area contributed by atoms with Gasteiger partial charge in [-0.25, -0.2) is 0 Å². The number of amides is 4. The van der Waals surface area contributed by atoms with Gasteiger partial charge in [-0.15, -0.1) is 11.3 Å². The summed E-state index contributed by atoms with van der Waals surface area (Å²) in [6.07, 6.45) is 1.23. The third-order valence-electron chi connectivity index (χ3n) is 5.22. The number of carbonyl (C=O) groups excluding carboxylic acids is 4. The summed E-state index contributed by atoms with van der Waals surface area (Å²) in [4.78, 5) is 48.7. The van der Waals surface area contributed by atoms with E-state index in [1.807, 2.05) is 32.2 Å². The minimum atomic E-state index is -0.577. The largest absolute Gasteiger partial charge is 0.354 e. The van der Waals surface area contributed by atoms with Crippen molar-refractivity contribution in [2.45, 2.75) is 45.4 Å². The predicted molar refractivity (Wildman–Crippen MR) is 122 cm³/mol. The fraction of sp³-hybridized carbons (Fsp3) is 0.364. The topological polar surface area (TPSA) is 108 Å². The highest BCUT2D eigenvalue weighted by Gasteiger charge is 2.40. The first-order chi connectivity index (χ1) is 15.3. The lowest BCUT2D eigenvalue weighted by Gasteiger charge is -2.29. The van der Waals surface area contributed by atoms with Gasteiger partial charge in [0.1, 0.15) is 6.04 Å². The van der Waals surface area contributed by atoms with Crippen molar-refractivity contribution in [3.63, 3.8) is 0 Å². The number of nitrogens with zero attached hydrogens (tertiary/aromatic N) is 1. The summed E-state index contributed by atoms with van der Waals surface area (Å²) in [5, 5.41) is 8.74. The maximum atomic E-state index is 12.4. The number of benzene rings is 1. The van der Waals surface area contributed by atoms with Gasteiger partial charge in [0.15, 0.2) is 0 Å². The first-order valence-corrected chi connectivity index (χ1v) is 11.4. The lowest BCUT2D eigenvalue weighted by molar-refractivity contribution is -0.136. The number of hydrogen-bond donors (Lipinski definition) is 3. The highest BCUT2D eigenvalue weighted by atomic mass is 35.5. The van der Waals surface area contributed by atoms with E-state index in [0.29, 0.717) is 30.8 Å². The molecule has 2 aliphatic rings. The van der Waals surface area contributed by atoms with Gasteiger partial charge in [0, 0.05) is 29.4 Å². The van der Waals surface area contributed by atoms with Crippen molar-refractivity contribution in [2.75, 3.05) is 7.05 Å². The lowest BCUT2D eigenvalue weighted by atomic mass is 10.0. The molecule has 0 saturated carbocycles. The van der Waals surface area contributed by atoms with Crippen molar-refractivity contribution in [1.29, 1.82) is 0 Å². The molecule has 1 saturated heterocycles. The van der Waals surface area contributed by atoms with Crippen LogP contribution in [0.25, 0.3) is 0 Å². The number of aryl methyl sites for hydroxylation is 1. The highest BCUT2D eigenvalue weighted by molar-refractivity contribution is 7.14. The van der Waals surface area contributed by atoms with E-state index in [9.17, 15) is 19.2 Å². The number of nitrogens with one attached hydrogen (secondary N) is 3. The van der Waals surface area contributed by atoms with Crippen LogP contribution in [0.15, 0.2) is 24.3 Å². The van der Waals surface area contributed by atoms with Gasteiger partial charge in [0.05, 0.1) is 11.4 Å². The normalized spacial score (nSPS) is 17.4. The molecule has 0 radical (unpaired) electrons. The second kappa shape index (κ2) is 10.7. The van der Waals surface area contributed by atoms with Gasteiger partial charge >= 0.3 is 0 Å². The van der Waals surface area contributed by atoms with Gasteiger partial charge in [-0.2, -0.15) is 0 Å². The minimum absolute atomic E-state index is 0.179. The second-order valence-corrected chi connectivity index (χ2v) is 9.12. The predicted octanol–water partition coefficient (Wildman–Crippen LogP) is 2.12. The highest BCUT2D eigenvalue weighted by Crippen LogP contribution is 2.33. The summed E-state index contributed by atoms with van der Waals surface area (Å²) < 4.78 is 0. The van der Waals surface area contributed by atoms with Gasteiger partial charge in [-0.1, -0.05) is 23.7 Å². The van der Waals surface area contributed by atoms with Gasteiger partial charge in [0.25, 0.3) is 5.91 Å². The van der Waals surface area contributed by atoms with E-state index in [2.05, 4.69) is 22.0 Å². The van der Waals surface area contributed by atoms with Crippen LogP contribution >= 0.6 is 22.9 Å². The molecule has 10 heteroatoms. The van der Waals surface area contributed by atoms with Crippen molar-refractivity contribution in [3.8, 4) is 0 Å². The first-order valence-electron chi connectivity index (χ1n) is 10.2. The van der Waals surface area contributed by atoms with Crippen molar-refractivity contribution in [3.05, 3.63) is 55.7 Å². The van der Waals surface area contributed by atoms with Crippen LogP contribution < -0.4 is 16.0 Å². The van der Waals surface area contributed by atoms with E-state index in [4.69, 9.17) is 11.6 Å². The van der Waals surface area contributed by atoms with E-state index in [1.165, 1.54) is 21.8 Å². The zero-order valence-electron chi connectivity index (χ0n) is 17.9. The Hall–Kier alpha value is -2.75. The van der Waals surface area contributed by atoms with Crippen LogP contribution in [-0.4, -0.2) is 42.1 Å². The van der Waals surface area contributed by atoms with E-state index < -0.39 is 11.9 Å². The zero-order chi connectivity index (χ0) is 23.3. The Kier molecular flexibility index (Phi) is 8.00. The number of hydrogen-bond acceptors (Lipinski definition) is 6. The van der Waals surface area contributed by atoms with Crippen LogP contribution in [-0.2, 0) is 34.0 Å². The molecular formula is C22H25ClN4O4S. The third-order valence-corrected chi connectivity index (χ3v) is 6.79.